The molecule has 0 bridgehead atoms. The van der Waals surface area contributed by atoms with E-state index in [9.17, 15) is 14.4 Å². The lowest BCUT2D eigenvalue weighted by atomic mass is 10.2. The van der Waals surface area contributed by atoms with Gasteiger partial charge in [-0.25, -0.2) is 4.98 Å². The van der Waals surface area contributed by atoms with Crippen LogP contribution in [0, 0.1) is 0 Å². The van der Waals surface area contributed by atoms with Crippen LogP contribution in [0.1, 0.15) is 55.3 Å². The fourth-order valence-electron chi connectivity index (χ4n) is 3.35. The fraction of sp³-hybridized carbons (Fsp3) is 0.400. The van der Waals surface area contributed by atoms with Crippen molar-refractivity contribution in [3.63, 3.8) is 0 Å². The average molecular weight is 367 g/mol. The second kappa shape index (κ2) is 6.64. The first-order valence-corrected chi connectivity index (χ1v) is 9.18. The number of benzene rings is 1. The van der Waals surface area contributed by atoms with Gasteiger partial charge in [0.05, 0.1) is 6.42 Å². The smallest absolute Gasteiger partial charge is 0.274 e. The molecule has 2 fully saturated rings. The van der Waals surface area contributed by atoms with E-state index in [0.717, 1.165) is 18.4 Å². The van der Waals surface area contributed by atoms with Gasteiger partial charge in [-0.2, -0.15) is 0 Å². The molecule has 1 saturated carbocycles. The lowest BCUT2D eigenvalue weighted by Gasteiger charge is -2.19. The lowest BCUT2D eigenvalue weighted by Crippen LogP contribution is -2.44. The van der Waals surface area contributed by atoms with Crippen molar-refractivity contribution >= 4 is 17.7 Å². The molecule has 7 nitrogen and oxygen atoms in total. The monoisotopic (exact) mass is 367 g/mol. The second-order valence-corrected chi connectivity index (χ2v) is 7.30. The van der Waals surface area contributed by atoms with Gasteiger partial charge in [0.1, 0.15) is 11.8 Å². The zero-order chi connectivity index (χ0) is 19.1. The molecule has 1 aliphatic heterocycles. The molecule has 1 atom stereocenters. The Kier molecular flexibility index (Phi) is 4.30. The Morgan fingerprint density at radius 3 is 2.52 bits per heavy atom. The summed E-state index contributed by atoms with van der Waals surface area (Å²) in [6.07, 6.45) is 1.88. The van der Waals surface area contributed by atoms with Crippen LogP contribution in [0.15, 0.2) is 34.7 Å². The molecule has 27 heavy (non-hydrogen) atoms. The lowest BCUT2D eigenvalue weighted by molar-refractivity contribution is -0.140. The molecule has 2 heterocycles. The molecule has 2 aliphatic rings. The summed E-state index contributed by atoms with van der Waals surface area (Å²) in [5, 5.41) is 2.67. The molecular formula is C20H21N3O4. The van der Waals surface area contributed by atoms with Gasteiger partial charge in [0, 0.05) is 17.5 Å². The number of carbonyl (C=O) groups is 3. The van der Waals surface area contributed by atoms with Crippen molar-refractivity contribution in [2.45, 2.75) is 51.1 Å². The van der Waals surface area contributed by atoms with Crippen LogP contribution >= 0.6 is 0 Å². The molecule has 1 saturated heterocycles. The van der Waals surface area contributed by atoms with Gasteiger partial charge < -0.3 is 9.73 Å². The maximum Gasteiger partial charge on any atom is 0.274 e. The van der Waals surface area contributed by atoms with Crippen LogP contribution in [0.2, 0.25) is 0 Å². The number of imide groups is 1. The number of amides is 3. The van der Waals surface area contributed by atoms with Gasteiger partial charge in [-0.3, -0.25) is 19.3 Å². The van der Waals surface area contributed by atoms with Crippen LogP contribution in [-0.2, 0) is 9.59 Å². The summed E-state index contributed by atoms with van der Waals surface area (Å²) in [4.78, 5) is 42.9. The molecule has 3 amide bonds. The van der Waals surface area contributed by atoms with Gasteiger partial charge in [-0.05, 0) is 38.8 Å². The van der Waals surface area contributed by atoms with Gasteiger partial charge in [-0.15, -0.1) is 0 Å². The number of likely N-dealkylation sites (tertiary alicyclic amines) is 1. The number of nitrogens with one attached hydrogen (secondary N) is 1. The van der Waals surface area contributed by atoms with Crippen LogP contribution in [-0.4, -0.2) is 39.7 Å². The highest BCUT2D eigenvalue weighted by Gasteiger charge is 2.42. The summed E-state index contributed by atoms with van der Waals surface area (Å²) in [6.45, 7) is 3.55. The minimum absolute atomic E-state index is 0.0229. The Morgan fingerprint density at radius 1 is 1.22 bits per heavy atom. The molecule has 1 aromatic heterocycles. The molecule has 4 rings (SSSR count). The first kappa shape index (κ1) is 17.5. The van der Waals surface area contributed by atoms with E-state index in [1.807, 2.05) is 30.3 Å². The number of hydrogen-bond donors (Lipinski definition) is 1. The minimum atomic E-state index is -0.851. The largest absolute Gasteiger partial charge is 0.440 e. The zero-order valence-electron chi connectivity index (χ0n) is 15.3. The zero-order valence-corrected chi connectivity index (χ0v) is 15.3. The number of rotatable bonds is 5. The van der Waals surface area contributed by atoms with Crippen LogP contribution in [0.4, 0.5) is 0 Å². The second-order valence-electron chi connectivity index (χ2n) is 7.30. The maximum absolute atomic E-state index is 12.8. The predicted octanol–water partition coefficient (Wildman–Crippen LogP) is 2.48. The van der Waals surface area contributed by atoms with E-state index in [1.165, 1.54) is 4.90 Å². The molecule has 2 aromatic rings. The van der Waals surface area contributed by atoms with E-state index in [0.29, 0.717) is 11.7 Å². The molecule has 7 heteroatoms. The van der Waals surface area contributed by atoms with E-state index in [2.05, 4.69) is 10.3 Å². The molecular weight excluding hydrogens is 346 g/mol. The van der Waals surface area contributed by atoms with Crippen molar-refractivity contribution in [3.8, 4) is 11.5 Å². The third-order valence-electron chi connectivity index (χ3n) is 4.84. The summed E-state index contributed by atoms with van der Waals surface area (Å²) in [6, 6.07) is 8.29. The van der Waals surface area contributed by atoms with Crippen molar-refractivity contribution < 1.29 is 18.8 Å². The van der Waals surface area contributed by atoms with E-state index >= 15 is 0 Å². The third-order valence-corrected chi connectivity index (χ3v) is 4.84. The standard InChI is InChI=1S/C20H21N3O4/c1-11(2)23-15(24)10-14(20(23)26)21-18(25)16-17(12-8-9-12)27-19(22-16)13-6-4-3-5-7-13/h3-7,11-12,14H,8-10H2,1-2H3,(H,21,25)/t14-/m0/s1. The normalized spacial score (nSPS) is 19.8. The molecule has 0 radical (unpaired) electrons. The molecule has 0 unspecified atom stereocenters. The van der Waals surface area contributed by atoms with Gasteiger partial charge >= 0.3 is 0 Å². The molecule has 140 valence electrons. The first-order valence-electron chi connectivity index (χ1n) is 9.18. The Bertz CT molecular complexity index is 899. The van der Waals surface area contributed by atoms with E-state index in [1.54, 1.807) is 13.8 Å². The minimum Gasteiger partial charge on any atom is -0.440 e. The molecule has 0 spiro atoms. The summed E-state index contributed by atoms with van der Waals surface area (Å²) in [7, 11) is 0. The number of carbonyl (C=O) groups excluding carboxylic acids is 3. The number of aromatic nitrogens is 1. The summed E-state index contributed by atoms with van der Waals surface area (Å²) < 4.78 is 5.88. The van der Waals surface area contributed by atoms with Crippen molar-refractivity contribution in [1.82, 2.24) is 15.2 Å². The first-order chi connectivity index (χ1) is 13.0. The highest BCUT2D eigenvalue weighted by atomic mass is 16.4. The Hall–Kier alpha value is -2.96. The Balaban J connectivity index is 1.58. The number of hydrogen-bond acceptors (Lipinski definition) is 5. The fourth-order valence-corrected chi connectivity index (χ4v) is 3.35. The van der Waals surface area contributed by atoms with E-state index in [-0.39, 0.29) is 35.9 Å². The van der Waals surface area contributed by atoms with E-state index in [4.69, 9.17) is 4.42 Å². The number of oxazole rings is 1. The van der Waals surface area contributed by atoms with Crippen molar-refractivity contribution in [2.75, 3.05) is 0 Å². The average Bonchev–Trinajstić information content (AvgIpc) is 3.32. The van der Waals surface area contributed by atoms with E-state index < -0.39 is 11.9 Å². The SMILES string of the molecule is CC(C)N1C(=O)C[C@H](NC(=O)c2nc(-c3ccccc3)oc2C2CC2)C1=O. The third kappa shape index (κ3) is 3.25. The van der Waals surface area contributed by atoms with Crippen molar-refractivity contribution in [2.24, 2.45) is 0 Å². The van der Waals surface area contributed by atoms with Crippen LogP contribution in [0.25, 0.3) is 11.5 Å². The van der Waals surface area contributed by atoms with Crippen LogP contribution in [0.5, 0.6) is 0 Å². The maximum atomic E-state index is 12.8. The summed E-state index contributed by atoms with van der Waals surface area (Å²) >= 11 is 0. The van der Waals surface area contributed by atoms with Gasteiger partial charge in [0.15, 0.2) is 5.69 Å². The highest BCUT2D eigenvalue weighted by molar-refractivity contribution is 6.08. The van der Waals surface area contributed by atoms with Gasteiger partial charge in [0.25, 0.3) is 11.8 Å². The Labute approximate surface area is 156 Å². The molecule has 1 aliphatic carbocycles. The predicted molar refractivity (Wildman–Crippen MR) is 96.8 cm³/mol. The van der Waals surface area contributed by atoms with Crippen molar-refractivity contribution in [3.05, 3.63) is 41.8 Å². The van der Waals surface area contributed by atoms with Crippen LogP contribution in [0.3, 0.4) is 0 Å². The summed E-state index contributed by atoms with van der Waals surface area (Å²) in [5.74, 6) is 0.0171. The van der Waals surface area contributed by atoms with Crippen LogP contribution < -0.4 is 5.32 Å². The van der Waals surface area contributed by atoms with Crippen molar-refractivity contribution in [1.29, 1.82) is 0 Å². The topological polar surface area (TPSA) is 92.5 Å². The quantitative estimate of drug-likeness (QED) is 0.820. The van der Waals surface area contributed by atoms with Gasteiger partial charge in [-0.1, -0.05) is 18.2 Å². The molecule has 1 N–H and O–H groups in total. The molecule has 1 aromatic carbocycles. The highest BCUT2D eigenvalue weighted by Crippen LogP contribution is 2.43. The number of nitrogens with zero attached hydrogens (tertiary/aromatic N) is 2. The summed E-state index contributed by atoms with van der Waals surface area (Å²) in [5.41, 5.74) is 0.996. The van der Waals surface area contributed by atoms with Gasteiger partial charge in [0.2, 0.25) is 11.8 Å². The Morgan fingerprint density at radius 2 is 1.93 bits per heavy atom.